The number of esters is 1. The number of rotatable bonds is 7. The van der Waals surface area contributed by atoms with E-state index in [2.05, 4.69) is 5.32 Å². The number of nitrogens with one attached hydrogen (secondary N) is 1. The smallest absolute Gasteiger partial charge is 0.323 e. The lowest BCUT2D eigenvalue weighted by atomic mass is 10.0. The van der Waals surface area contributed by atoms with Gasteiger partial charge in [-0.3, -0.25) is 9.59 Å². The van der Waals surface area contributed by atoms with E-state index in [9.17, 15) is 9.59 Å². The van der Waals surface area contributed by atoms with Crippen molar-refractivity contribution in [3.05, 3.63) is 0 Å². The average Bonchev–Trinajstić information content (AvgIpc) is 2.46. The lowest BCUT2D eigenvalue weighted by molar-refractivity contribution is -0.144. The summed E-state index contributed by atoms with van der Waals surface area (Å²) in [7, 11) is 1.39. The Labute approximate surface area is 120 Å². The predicted octanol–water partition coefficient (Wildman–Crippen LogP) is 0.413. The van der Waals surface area contributed by atoms with E-state index in [1.807, 2.05) is 18.7 Å². The summed E-state index contributed by atoms with van der Waals surface area (Å²) >= 11 is 0. The molecule has 1 aliphatic heterocycles. The van der Waals surface area contributed by atoms with E-state index in [1.165, 1.54) is 7.11 Å². The van der Waals surface area contributed by atoms with E-state index in [4.69, 9.17) is 9.47 Å². The fourth-order valence-electron chi connectivity index (χ4n) is 2.19. The minimum atomic E-state index is -0.307. The first-order valence-corrected chi connectivity index (χ1v) is 7.23. The summed E-state index contributed by atoms with van der Waals surface area (Å²) in [5.74, 6) is 0.0752. The van der Waals surface area contributed by atoms with E-state index in [0.29, 0.717) is 39.3 Å². The van der Waals surface area contributed by atoms with E-state index >= 15 is 0 Å². The third-order valence-electron chi connectivity index (χ3n) is 3.42. The summed E-state index contributed by atoms with van der Waals surface area (Å²) < 4.78 is 9.97. The van der Waals surface area contributed by atoms with E-state index in [0.717, 1.165) is 6.42 Å². The number of hydrogen-bond acceptors (Lipinski definition) is 5. The highest BCUT2D eigenvalue weighted by atomic mass is 16.5. The van der Waals surface area contributed by atoms with Crippen molar-refractivity contribution < 1.29 is 19.1 Å². The van der Waals surface area contributed by atoms with Crippen LogP contribution in [0.3, 0.4) is 0 Å². The number of morpholine rings is 1. The highest BCUT2D eigenvalue weighted by Gasteiger charge is 2.22. The van der Waals surface area contributed by atoms with Crippen molar-refractivity contribution in [2.75, 3.05) is 40.0 Å². The van der Waals surface area contributed by atoms with Gasteiger partial charge in [-0.1, -0.05) is 13.8 Å². The van der Waals surface area contributed by atoms with Gasteiger partial charge in [0.15, 0.2) is 0 Å². The molecule has 1 heterocycles. The Bertz CT molecular complexity index is 314. The third kappa shape index (κ3) is 5.46. The molecule has 0 aliphatic carbocycles. The molecule has 0 aromatic heterocycles. The van der Waals surface area contributed by atoms with Gasteiger partial charge in [0.25, 0.3) is 0 Å². The Morgan fingerprint density at radius 3 is 2.50 bits per heavy atom. The van der Waals surface area contributed by atoms with Crippen molar-refractivity contribution in [2.24, 2.45) is 5.92 Å². The maximum Gasteiger partial charge on any atom is 0.323 e. The maximum atomic E-state index is 11.9. The first-order chi connectivity index (χ1) is 9.56. The minimum Gasteiger partial charge on any atom is -0.468 e. The van der Waals surface area contributed by atoms with Crippen molar-refractivity contribution in [3.63, 3.8) is 0 Å². The van der Waals surface area contributed by atoms with Crippen molar-refractivity contribution in [1.29, 1.82) is 0 Å². The fraction of sp³-hybridized carbons (Fsp3) is 0.857. The molecule has 1 amide bonds. The number of ether oxygens (including phenoxy) is 2. The molecule has 0 radical (unpaired) electrons. The third-order valence-corrected chi connectivity index (χ3v) is 3.42. The molecule has 1 saturated heterocycles. The molecule has 0 spiro atoms. The lowest BCUT2D eigenvalue weighted by Gasteiger charge is -2.27. The second-order valence-electron chi connectivity index (χ2n) is 5.30. The van der Waals surface area contributed by atoms with Crippen molar-refractivity contribution in [1.82, 2.24) is 10.2 Å². The van der Waals surface area contributed by atoms with Gasteiger partial charge in [0, 0.05) is 19.5 Å². The number of amides is 1. The first kappa shape index (κ1) is 16.9. The van der Waals surface area contributed by atoms with Crippen LogP contribution in [0.1, 0.15) is 26.7 Å². The number of carbonyl (C=O) groups is 2. The van der Waals surface area contributed by atoms with Crippen LogP contribution in [0.2, 0.25) is 0 Å². The minimum absolute atomic E-state index is 0.161. The van der Waals surface area contributed by atoms with Gasteiger partial charge in [-0.25, -0.2) is 0 Å². The highest BCUT2D eigenvalue weighted by Crippen LogP contribution is 2.05. The molecule has 6 heteroatoms. The summed E-state index contributed by atoms with van der Waals surface area (Å²) in [5, 5.41) is 3.16. The summed E-state index contributed by atoms with van der Waals surface area (Å²) in [5.41, 5.74) is 0. The number of carbonyl (C=O) groups excluding carboxylic acids is 2. The van der Waals surface area contributed by atoms with Crippen LogP contribution in [0.25, 0.3) is 0 Å². The van der Waals surface area contributed by atoms with Crippen molar-refractivity contribution in [3.8, 4) is 0 Å². The Kier molecular flexibility index (Phi) is 7.54. The molecular weight excluding hydrogens is 260 g/mol. The maximum absolute atomic E-state index is 11.9. The normalized spacial score (nSPS) is 17.1. The Morgan fingerprint density at radius 2 is 1.95 bits per heavy atom. The quantitative estimate of drug-likeness (QED) is 0.542. The van der Waals surface area contributed by atoms with Crippen LogP contribution in [0, 0.1) is 5.92 Å². The molecule has 20 heavy (non-hydrogen) atoms. The molecule has 1 atom stereocenters. The van der Waals surface area contributed by atoms with Crippen molar-refractivity contribution >= 4 is 11.9 Å². The van der Waals surface area contributed by atoms with Gasteiger partial charge in [0.1, 0.15) is 6.04 Å². The molecule has 1 unspecified atom stereocenters. The largest absolute Gasteiger partial charge is 0.468 e. The zero-order valence-corrected chi connectivity index (χ0v) is 12.7. The molecule has 1 N–H and O–H groups in total. The molecule has 0 bridgehead atoms. The Morgan fingerprint density at radius 1 is 1.30 bits per heavy atom. The van der Waals surface area contributed by atoms with Crippen LogP contribution in [-0.2, 0) is 19.1 Å². The molecule has 0 aromatic carbocycles. The van der Waals surface area contributed by atoms with Crippen LogP contribution in [0.15, 0.2) is 0 Å². The van der Waals surface area contributed by atoms with Crippen LogP contribution >= 0.6 is 0 Å². The van der Waals surface area contributed by atoms with Gasteiger partial charge in [-0.05, 0) is 18.9 Å². The van der Waals surface area contributed by atoms with Gasteiger partial charge in [0.2, 0.25) is 5.91 Å². The zero-order valence-electron chi connectivity index (χ0n) is 12.7. The summed E-state index contributed by atoms with van der Waals surface area (Å²) in [6.07, 6.45) is 1.22. The van der Waals surface area contributed by atoms with Crippen LogP contribution in [0.4, 0.5) is 0 Å². The molecule has 1 fully saturated rings. The second kappa shape index (κ2) is 8.92. The van der Waals surface area contributed by atoms with Crippen LogP contribution < -0.4 is 5.32 Å². The summed E-state index contributed by atoms with van der Waals surface area (Å²) in [4.78, 5) is 25.3. The SMILES string of the molecule is COC(=O)C(NCCCC(=O)N1CCOCC1)C(C)C. The number of hydrogen-bond donors (Lipinski definition) is 1. The standard InChI is InChI=1S/C14H26N2O4/c1-11(2)13(14(18)19-3)15-6-4-5-12(17)16-7-9-20-10-8-16/h11,13,15H,4-10H2,1-3H3. The first-order valence-electron chi connectivity index (χ1n) is 7.23. The monoisotopic (exact) mass is 286 g/mol. The predicted molar refractivity (Wildman–Crippen MR) is 75.3 cm³/mol. The van der Waals surface area contributed by atoms with Crippen molar-refractivity contribution in [2.45, 2.75) is 32.7 Å². The fourth-order valence-corrected chi connectivity index (χ4v) is 2.19. The Hall–Kier alpha value is -1.14. The highest BCUT2D eigenvalue weighted by molar-refractivity contribution is 5.76. The molecule has 6 nitrogen and oxygen atoms in total. The Balaban J connectivity index is 2.22. The average molecular weight is 286 g/mol. The molecule has 116 valence electrons. The number of methoxy groups -OCH3 is 1. The van der Waals surface area contributed by atoms with Crippen LogP contribution in [0.5, 0.6) is 0 Å². The van der Waals surface area contributed by atoms with Gasteiger partial charge in [-0.2, -0.15) is 0 Å². The van der Waals surface area contributed by atoms with Gasteiger partial charge >= 0.3 is 5.97 Å². The number of nitrogens with zero attached hydrogens (tertiary/aromatic N) is 1. The zero-order chi connectivity index (χ0) is 15.0. The molecular formula is C14H26N2O4. The molecule has 1 rings (SSSR count). The summed E-state index contributed by atoms with van der Waals surface area (Å²) in [6, 6.07) is -0.307. The molecule has 0 saturated carbocycles. The van der Waals surface area contributed by atoms with E-state index in [-0.39, 0.29) is 23.8 Å². The summed E-state index contributed by atoms with van der Waals surface area (Å²) in [6.45, 7) is 7.19. The lowest BCUT2D eigenvalue weighted by Crippen LogP contribution is -2.43. The van der Waals surface area contributed by atoms with Gasteiger partial charge in [-0.15, -0.1) is 0 Å². The molecule has 0 aromatic rings. The second-order valence-corrected chi connectivity index (χ2v) is 5.30. The van der Waals surface area contributed by atoms with Gasteiger partial charge in [0.05, 0.1) is 20.3 Å². The van der Waals surface area contributed by atoms with Crippen LogP contribution in [-0.4, -0.2) is 62.8 Å². The topological polar surface area (TPSA) is 67.9 Å². The van der Waals surface area contributed by atoms with Gasteiger partial charge < -0.3 is 19.7 Å². The van der Waals surface area contributed by atoms with E-state index < -0.39 is 0 Å². The molecule has 1 aliphatic rings. The van der Waals surface area contributed by atoms with E-state index in [1.54, 1.807) is 0 Å².